The number of aryl methyl sites for hydroxylation is 4. The molecule has 0 radical (unpaired) electrons. The van der Waals surface area contributed by atoms with Gasteiger partial charge >= 0.3 is 48.0 Å². The molecule has 420 valence electrons. The summed E-state index contributed by atoms with van der Waals surface area (Å²) in [7, 11) is 21.5. The number of ether oxygens (including phenoxy) is 2. The monoisotopic (exact) mass is 1060 g/mol. The first kappa shape index (κ1) is 64.8. The van der Waals surface area contributed by atoms with Crippen LogP contribution in [0.25, 0.3) is 0 Å². The summed E-state index contributed by atoms with van der Waals surface area (Å²) in [5, 5.41) is 8.94. The molecule has 0 aromatic carbocycles. The molecule has 2 aromatic rings. The lowest BCUT2D eigenvalue weighted by molar-refractivity contribution is -0.126. The third-order valence-corrected chi connectivity index (χ3v) is 11.1. The average Bonchev–Trinajstić information content (AvgIpc) is 4.24. The standard InChI is InChI=1S/4C5H8N2O2.C5H10N2O.C5H8N2O.C5H8N2.2C5H9NO2/c2*1-6-3-4(8)7(2)5(6)9;2*1-3-4(8)7(2)5(9)6-3;2*1-6-3-4-7(2)5(6)8;1-5-3-4-7(2)6-5;2*1-4-3-6(2)5(7)8-4/h2*3H2,1-2H3;2*3H,1-2H3,(H,6,9);3-4H2,1-2H3;3-4H,1-2H3;3-4H,1-2H3;2*4H,3H2,1-2H3. The van der Waals surface area contributed by atoms with Crippen molar-refractivity contribution in [1.29, 1.82) is 0 Å². The second-order valence-electron chi connectivity index (χ2n) is 18.0. The van der Waals surface area contributed by atoms with Crippen LogP contribution in [-0.4, -0.2) is 268 Å². The van der Waals surface area contributed by atoms with Gasteiger partial charge < -0.3 is 58.6 Å². The summed E-state index contributed by atoms with van der Waals surface area (Å²) in [5.41, 5.74) is 1.09. The van der Waals surface area contributed by atoms with Crippen LogP contribution in [0.2, 0.25) is 0 Å². The molecule has 0 aliphatic carbocycles. The molecular formula is C45H76N16O14. The number of nitrogens with one attached hydrogen (secondary N) is 2. The lowest BCUT2D eigenvalue weighted by Gasteiger charge is -2.07. The maximum absolute atomic E-state index is 10.8. The fourth-order valence-electron chi connectivity index (χ4n) is 6.36. The van der Waals surface area contributed by atoms with Crippen molar-refractivity contribution in [3.8, 4) is 0 Å². The number of cyclic esters (lactones) is 2. The Morgan fingerprint density at radius 2 is 0.813 bits per heavy atom. The Morgan fingerprint density at radius 1 is 0.467 bits per heavy atom. The van der Waals surface area contributed by atoms with E-state index in [-0.39, 0.29) is 109 Å². The van der Waals surface area contributed by atoms with Crippen molar-refractivity contribution >= 4 is 66.0 Å². The van der Waals surface area contributed by atoms with Gasteiger partial charge in [0.15, 0.2) is 0 Å². The number of likely N-dealkylation sites (N-methyl/N-ethyl adjacent to an activating group) is 10. The number of carbonyl (C=O) groups excluding carboxylic acids is 11. The number of imide groups is 4. The Bertz CT molecular complexity index is 2190. The molecule has 4 unspecified atom stereocenters. The first-order chi connectivity index (χ1) is 34.6. The molecule has 7 fully saturated rings. The van der Waals surface area contributed by atoms with Gasteiger partial charge in [0.2, 0.25) is 11.8 Å². The van der Waals surface area contributed by atoms with Crippen molar-refractivity contribution in [1.82, 2.24) is 78.5 Å². The van der Waals surface area contributed by atoms with Gasteiger partial charge in [-0.3, -0.25) is 43.5 Å². The smallest absolute Gasteiger partial charge is 0.409 e. The summed E-state index contributed by atoms with van der Waals surface area (Å²) in [6.45, 7) is 12.7. The molecule has 7 aliphatic rings. The van der Waals surface area contributed by atoms with Crippen LogP contribution in [0.15, 0.2) is 29.5 Å². The number of nitrogens with zero attached hydrogens (tertiary/aromatic N) is 14. The van der Waals surface area contributed by atoms with Crippen LogP contribution >= 0.6 is 0 Å². The van der Waals surface area contributed by atoms with Gasteiger partial charge in [-0.2, -0.15) is 5.10 Å². The molecule has 2 aromatic heterocycles. The van der Waals surface area contributed by atoms with Crippen molar-refractivity contribution in [2.45, 2.75) is 58.9 Å². The SMILES string of the molecule is CC1CN(C)C(=O)O1.CC1CN(C)C(=O)O1.CC1NC(=O)N(C)C1=O.CC1NC(=O)N(C)C1=O.CN1CC(=O)N(C)C1=O.CN1CC(=O)N(C)C1=O.CN1CCN(C)C1=O.Cc1ccn(C)n1.Cn1ccn(C)c1=O. The fourth-order valence-corrected chi connectivity index (χ4v) is 6.36. The predicted molar refractivity (Wildman–Crippen MR) is 270 cm³/mol. The zero-order valence-electron chi connectivity index (χ0n) is 46.3. The van der Waals surface area contributed by atoms with E-state index in [0.29, 0.717) is 0 Å². The summed E-state index contributed by atoms with van der Waals surface area (Å²) in [4.78, 5) is 142. The van der Waals surface area contributed by atoms with Gasteiger partial charge in [0, 0.05) is 123 Å². The first-order valence-electron chi connectivity index (χ1n) is 23.3. The zero-order chi connectivity index (χ0) is 57.9. The molecule has 2 N–H and O–H groups in total. The van der Waals surface area contributed by atoms with Crippen molar-refractivity contribution in [3.63, 3.8) is 0 Å². The number of carbonyl (C=O) groups is 11. The van der Waals surface area contributed by atoms with Crippen LogP contribution in [-0.2, 0) is 49.8 Å². The molecular weight excluding hydrogens is 989 g/mol. The van der Waals surface area contributed by atoms with Crippen molar-refractivity contribution in [2.24, 2.45) is 21.1 Å². The summed E-state index contributed by atoms with van der Waals surface area (Å²) in [6, 6.07) is 0.343. The van der Waals surface area contributed by atoms with Gasteiger partial charge in [-0.15, -0.1) is 0 Å². The number of urea groups is 5. The number of imidazole rings is 1. The van der Waals surface area contributed by atoms with Gasteiger partial charge in [0.05, 0.1) is 18.8 Å². The Morgan fingerprint density at radius 3 is 0.893 bits per heavy atom. The summed E-state index contributed by atoms with van der Waals surface area (Å²) in [5.74, 6) is -0.606. The lowest BCUT2D eigenvalue weighted by atomic mass is 10.3. The highest BCUT2D eigenvalue weighted by Gasteiger charge is 2.33. The molecule has 9 heterocycles. The maximum atomic E-state index is 10.8. The van der Waals surface area contributed by atoms with E-state index < -0.39 is 0 Å². The Labute approximate surface area is 436 Å². The van der Waals surface area contributed by atoms with Gasteiger partial charge in [-0.25, -0.2) is 38.4 Å². The molecule has 16 amide bonds. The van der Waals surface area contributed by atoms with E-state index in [1.54, 1.807) is 92.8 Å². The van der Waals surface area contributed by atoms with Gasteiger partial charge in [0.1, 0.15) is 37.4 Å². The van der Waals surface area contributed by atoms with E-state index >= 15 is 0 Å². The molecule has 30 nitrogen and oxygen atoms in total. The summed E-state index contributed by atoms with van der Waals surface area (Å²) >= 11 is 0. The molecule has 0 spiro atoms. The minimum Gasteiger partial charge on any atom is -0.445 e. The lowest BCUT2D eigenvalue weighted by Crippen LogP contribution is -2.27. The van der Waals surface area contributed by atoms with E-state index in [4.69, 9.17) is 9.47 Å². The van der Waals surface area contributed by atoms with Gasteiger partial charge in [-0.05, 0) is 40.7 Å². The van der Waals surface area contributed by atoms with Gasteiger partial charge in [-0.1, -0.05) is 0 Å². The molecule has 0 saturated carbocycles. The van der Waals surface area contributed by atoms with E-state index in [9.17, 15) is 57.5 Å². The second kappa shape index (κ2) is 29.5. The molecule has 4 atom stereocenters. The fraction of sp³-hybridized carbons (Fsp3) is 0.622. The Hall–Kier alpha value is -8.21. The molecule has 75 heavy (non-hydrogen) atoms. The number of rotatable bonds is 0. The Balaban J connectivity index is 0.000000422. The van der Waals surface area contributed by atoms with Crippen LogP contribution in [0.3, 0.4) is 0 Å². The van der Waals surface area contributed by atoms with Gasteiger partial charge in [0.25, 0.3) is 11.8 Å². The summed E-state index contributed by atoms with van der Waals surface area (Å²) < 4.78 is 14.4. The number of hydrogen-bond acceptors (Lipinski definition) is 15. The predicted octanol–water partition coefficient (Wildman–Crippen LogP) is -0.517. The van der Waals surface area contributed by atoms with Crippen molar-refractivity contribution < 1.29 is 62.2 Å². The molecule has 7 aliphatic heterocycles. The third-order valence-electron chi connectivity index (χ3n) is 11.1. The molecule has 7 saturated heterocycles. The topological polar surface area (TPSA) is 307 Å². The average molecular weight is 1070 g/mol. The highest BCUT2D eigenvalue weighted by atomic mass is 16.6. The minimum absolute atomic E-state index is 0.0185. The minimum atomic E-state index is -0.345. The van der Waals surface area contributed by atoms with E-state index in [2.05, 4.69) is 15.7 Å². The highest BCUT2D eigenvalue weighted by Crippen LogP contribution is 2.08. The molecule has 9 rings (SSSR count). The normalized spacial score (nSPS) is 21.4. The number of aromatic nitrogens is 4. The largest absolute Gasteiger partial charge is 0.445 e. The summed E-state index contributed by atoms with van der Waals surface area (Å²) in [6.07, 6.45) is 5.11. The highest BCUT2D eigenvalue weighted by molar-refractivity contribution is 6.04. The van der Waals surface area contributed by atoms with Crippen LogP contribution in [0.5, 0.6) is 0 Å². The zero-order valence-corrected chi connectivity index (χ0v) is 46.3. The van der Waals surface area contributed by atoms with Crippen LogP contribution in [0, 0.1) is 6.92 Å². The first-order valence-corrected chi connectivity index (χ1v) is 23.3. The maximum Gasteiger partial charge on any atom is 0.409 e. The van der Waals surface area contributed by atoms with E-state index in [1.807, 2.05) is 54.2 Å². The van der Waals surface area contributed by atoms with E-state index in [0.717, 1.165) is 51.5 Å². The third kappa shape index (κ3) is 20.3. The van der Waals surface area contributed by atoms with Crippen LogP contribution in [0.4, 0.5) is 33.6 Å². The van der Waals surface area contributed by atoms with Crippen molar-refractivity contribution in [3.05, 3.63) is 40.8 Å². The second-order valence-corrected chi connectivity index (χ2v) is 18.0. The number of hydrogen-bond donors (Lipinski definition) is 2. The number of amides is 16. The molecule has 30 heteroatoms. The van der Waals surface area contributed by atoms with Crippen LogP contribution in [0.1, 0.15) is 33.4 Å². The Kier molecular flexibility index (Phi) is 25.5. The molecule has 0 bridgehead atoms. The quantitative estimate of drug-likeness (QED) is 0.314. The van der Waals surface area contributed by atoms with E-state index in [1.165, 1.54) is 47.1 Å². The van der Waals surface area contributed by atoms with Crippen molar-refractivity contribution in [2.75, 3.05) is 110 Å². The van der Waals surface area contributed by atoms with Crippen LogP contribution < -0.4 is 16.3 Å².